The van der Waals surface area contributed by atoms with Gasteiger partial charge >= 0.3 is 5.95 Å². The molecule has 1 amide bonds. The van der Waals surface area contributed by atoms with Crippen molar-refractivity contribution < 1.29 is 9.72 Å². The Morgan fingerprint density at radius 1 is 1.33 bits per heavy atom. The number of hydrogen-bond donors (Lipinski definition) is 0. The topological polar surface area (TPSA) is 94.2 Å². The van der Waals surface area contributed by atoms with Crippen LogP contribution in [-0.2, 0) is 11.3 Å². The van der Waals surface area contributed by atoms with Gasteiger partial charge in [-0.1, -0.05) is 17.8 Å². The van der Waals surface area contributed by atoms with Gasteiger partial charge in [0.05, 0.1) is 0 Å². The standard InChI is InChI=1S/C10H15N5O3/c16-9(13-5-3-1-2-4-6-13)7-14-8-11-10(12-14)15(17)18/h8H,1-7H2. The minimum Gasteiger partial charge on any atom is -0.390 e. The van der Waals surface area contributed by atoms with Gasteiger partial charge in [-0.05, 0) is 17.8 Å². The molecule has 0 saturated carbocycles. The average Bonchev–Trinajstić information content (AvgIpc) is 2.64. The van der Waals surface area contributed by atoms with Crippen LogP contribution < -0.4 is 0 Å². The van der Waals surface area contributed by atoms with Crippen LogP contribution in [0.2, 0.25) is 0 Å². The summed E-state index contributed by atoms with van der Waals surface area (Å²) in [5, 5.41) is 14.0. The molecule has 1 aliphatic heterocycles. The molecule has 2 rings (SSSR count). The molecule has 1 fully saturated rings. The van der Waals surface area contributed by atoms with Gasteiger partial charge in [-0.15, -0.1) is 0 Å². The second-order valence-corrected chi connectivity index (χ2v) is 4.29. The van der Waals surface area contributed by atoms with E-state index in [-0.39, 0.29) is 12.5 Å². The lowest BCUT2D eigenvalue weighted by Gasteiger charge is -2.19. The van der Waals surface area contributed by atoms with Crippen molar-refractivity contribution in [3.8, 4) is 0 Å². The van der Waals surface area contributed by atoms with Gasteiger partial charge in [-0.2, -0.15) is 4.68 Å². The van der Waals surface area contributed by atoms with Gasteiger partial charge in [0.15, 0.2) is 0 Å². The highest BCUT2D eigenvalue weighted by molar-refractivity contribution is 5.75. The first-order valence-corrected chi connectivity index (χ1v) is 5.98. The van der Waals surface area contributed by atoms with Crippen molar-refractivity contribution in [2.75, 3.05) is 13.1 Å². The molecule has 1 aliphatic rings. The lowest BCUT2D eigenvalue weighted by Crippen LogP contribution is -2.34. The lowest BCUT2D eigenvalue weighted by atomic mass is 10.2. The number of aromatic nitrogens is 3. The highest BCUT2D eigenvalue weighted by atomic mass is 16.6. The number of carbonyl (C=O) groups is 1. The van der Waals surface area contributed by atoms with Gasteiger partial charge in [0.25, 0.3) is 0 Å². The zero-order valence-electron chi connectivity index (χ0n) is 9.99. The minimum atomic E-state index is -0.674. The van der Waals surface area contributed by atoms with Crippen LogP contribution in [0.5, 0.6) is 0 Å². The number of rotatable bonds is 3. The zero-order valence-corrected chi connectivity index (χ0v) is 9.99. The van der Waals surface area contributed by atoms with Crippen molar-refractivity contribution >= 4 is 11.9 Å². The third kappa shape index (κ3) is 3.02. The predicted molar refractivity (Wildman–Crippen MR) is 61.7 cm³/mol. The van der Waals surface area contributed by atoms with Crippen molar-refractivity contribution in [1.82, 2.24) is 19.7 Å². The third-order valence-corrected chi connectivity index (χ3v) is 2.94. The molecule has 0 N–H and O–H groups in total. The molecule has 98 valence electrons. The normalized spacial score (nSPS) is 16.3. The Bertz CT molecular complexity index is 436. The fraction of sp³-hybridized carbons (Fsp3) is 0.700. The molecule has 0 spiro atoms. The first-order chi connectivity index (χ1) is 8.66. The monoisotopic (exact) mass is 253 g/mol. The summed E-state index contributed by atoms with van der Waals surface area (Å²) in [7, 11) is 0. The van der Waals surface area contributed by atoms with Gasteiger partial charge in [0, 0.05) is 18.2 Å². The van der Waals surface area contributed by atoms with E-state index in [0.717, 1.165) is 38.8 Å². The summed E-state index contributed by atoms with van der Waals surface area (Å²) in [5.41, 5.74) is 0. The lowest BCUT2D eigenvalue weighted by molar-refractivity contribution is -0.394. The summed E-state index contributed by atoms with van der Waals surface area (Å²) in [6.45, 7) is 1.53. The van der Waals surface area contributed by atoms with Crippen molar-refractivity contribution in [2.24, 2.45) is 0 Å². The molecular formula is C10H15N5O3. The van der Waals surface area contributed by atoms with E-state index in [1.165, 1.54) is 11.0 Å². The van der Waals surface area contributed by atoms with Crippen LogP contribution >= 0.6 is 0 Å². The van der Waals surface area contributed by atoms with Gasteiger partial charge in [-0.25, -0.2) is 0 Å². The summed E-state index contributed by atoms with van der Waals surface area (Å²) in [6.07, 6.45) is 5.55. The minimum absolute atomic E-state index is 0.0147. The van der Waals surface area contributed by atoms with E-state index in [9.17, 15) is 14.9 Å². The smallest absolute Gasteiger partial charge is 0.390 e. The molecule has 1 aromatic rings. The van der Waals surface area contributed by atoms with E-state index in [1.807, 2.05) is 0 Å². The number of nitro groups is 1. The van der Waals surface area contributed by atoms with Crippen LogP contribution in [0.1, 0.15) is 25.7 Å². The van der Waals surface area contributed by atoms with Gasteiger partial charge in [0.2, 0.25) is 12.2 Å². The van der Waals surface area contributed by atoms with Crippen LogP contribution in [-0.4, -0.2) is 43.6 Å². The summed E-state index contributed by atoms with van der Waals surface area (Å²) in [5.74, 6) is -0.532. The average molecular weight is 253 g/mol. The Kier molecular flexibility index (Phi) is 3.85. The van der Waals surface area contributed by atoms with E-state index >= 15 is 0 Å². The predicted octanol–water partition coefficient (Wildman–Crippen LogP) is 0.589. The van der Waals surface area contributed by atoms with Crippen LogP contribution in [0, 0.1) is 10.1 Å². The highest BCUT2D eigenvalue weighted by Crippen LogP contribution is 2.10. The van der Waals surface area contributed by atoms with E-state index in [4.69, 9.17) is 0 Å². The molecule has 8 heteroatoms. The SMILES string of the molecule is O=C(Cn1cnc([N+](=O)[O-])n1)N1CCCCCC1. The van der Waals surface area contributed by atoms with E-state index in [0.29, 0.717) is 0 Å². The fourth-order valence-corrected chi connectivity index (χ4v) is 2.00. The summed E-state index contributed by atoms with van der Waals surface area (Å²) in [4.78, 5) is 27.0. The second-order valence-electron chi connectivity index (χ2n) is 4.29. The third-order valence-electron chi connectivity index (χ3n) is 2.94. The van der Waals surface area contributed by atoms with Crippen molar-refractivity contribution in [3.63, 3.8) is 0 Å². The molecule has 1 saturated heterocycles. The molecule has 0 unspecified atom stereocenters. The van der Waals surface area contributed by atoms with Crippen molar-refractivity contribution in [1.29, 1.82) is 0 Å². The molecule has 0 aliphatic carbocycles. The molecule has 0 radical (unpaired) electrons. The summed E-state index contributed by atoms with van der Waals surface area (Å²) >= 11 is 0. The van der Waals surface area contributed by atoms with Crippen molar-refractivity contribution in [3.05, 3.63) is 16.4 Å². The Labute approximate surface area is 104 Å². The highest BCUT2D eigenvalue weighted by Gasteiger charge is 2.19. The van der Waals surface area contributed by atoms with Gasteiger partial charge < -0.3 is 15.0 Å². The Morgan fingerprint density at radius 3 is 2.56 bits per heavy atom. The first kappa shape index (κ1) is 12.5. The largest absolute Gasteiger partial charge is 0.490 e. The van der Waals surface area contributed by atoms with Crippen LogP contribution in [0.25, 0.3) is 0 Å². The zero-order chi connectivity index (χ0) is 13.0. The van der Waals surface area contributed by atoms with Gasteiger partial charge in [-0.3, -0.25) is 4.79 Å². The maximum Gasteiger partial charge on any atom is 0.490 e. The van der Waals surface area contributed by atoms with Crippen LogP contribution in [0.4, 0.5) is 5.95 Å². The molecule has 8 nitrogen and oxygen atoms in total. The molecule has 1 aromatic heterocycles. The molecule has 0 atom stereocenters. The number of carbonyl (C=O) groups excluding carboxylic acids is 1. The molecule has 0 bridgehead atoms. The maximum absolute atomic E-state index is 12.0. The van der Waals surface area contributed by atoms with Crippen LogP contribution in [0.15, 0.2) is 6.33 Å². The van der Waals surface area contributed by atoms with Crippen LogP contribution in [0.3, 0.4) is 0 Å². The number of amides is 1. The number of nitrogens with zero attached hydrogens (tertiary/aromatic N) is 5. The second kappa shape index (κ2) is 5.56. The molecule has 2 heterocycles. The van der Waals surface area contributed by atoms with E-state index in [2.05, 4.69) is 10.1 Å². The maximum atomic E-state index is 12.0. The van der Waals surface area contributed by atoms with E-state index in [1.54, 1.807) is 4.90 Å². The Hall–Kier alpha value is -1.99. The quantitative estimate of drug-likeness (QED) is 0.580. The summed E-state index contributed by atoms with van der Waals surface area (Å²) < 4.78 is 1.21. The Balaban J connectivity index is 1.94. The van der Waals surface area contributed by atoms with Gasteiger partial charge in [0.1, 0.15) is 6.54 Å². The fourth-order valence-electron chi connectivity index (χ4n) is 2.00. The number of hydrogen-bond acceptors (Lipinski definition) is 5. The van der Waals surface area contributed by atoms with E-state index < -0.39 is 10.9 Å². The molecular weight excluding hydrogens is 238 g/mol. The summed E-state index contributed by atoms with van der Waals surface area (Å²) in [6, 6.07) is 0. The van der Waals surface area contributed by atoms with Crippen molar-refractivity contribution in [2.45, 2.75) is 32.2 Å². The first-order valence-electron chi connectivity index (χ1n) is 5.98. The molecule has 18 heavy (non-hydrogen) atoms. The number of likely N-dealkylation sites (tertiary alicyclic amines) is 1. The Morgan fingerprint density at radius 2 is 2.00 bits per heavy atom. The molecule has 0 aromatic carbocycles.